The third kappa shape index (κ3) is 4.27. The molecule has 2 heterocycles. The Morgan fingerprint density at radius 1 is 0.841 bits per heavy atom. The van der Waals surface area contributed by atoms with E-state index in [9.17, 15) is 24.3 Å². The highest BCUT2D eigenvalue weighted by atomic mass is 127. The molecule has 4 aliphatic rings. The third-order valence-electron chi connectivity index (χ3n) is 9.95. The van der Waals surface area contributed by atoms with Gasteiger partial charge in [0.25, 0.3) is 0 Å². The second kappa shape index (κ2) is 11.0. The Labute approximate surface area is 268 Å². The highest BCUT2D eigenvalue weighted by Crippen LogP contribution is 2.63. The van der Waals surface area contributed by atoms with Crippen LogP contribution in [-0.2, 0) is 19.2 Å². The molecule has 9 heteroatoms. The molecular formula is C35H31IN2O6. The van der Waals surface area contributed by atoms with Crippen LogP contribution in [-0.4, -0.2) is 41.9 Å². The molecule has 2 saturated heterocycles. The summed E-state index contributed by atoms with van der Waals surface area (Å²) in [7, 11) is 0. The third-order valence-corrected chi connectivity index (χ3v) is 10.7. The quantitative estimate of drug-likeness (QED) is 0.218. The molecule has 0 spiro atoms. The highest BCUT2D eigenvalue weighted by molar-refractivity contribution is 14.1. The van der Waals surface area contributed by atoms with E-state index >= 15 is 0 Å². The molecule has 224 valence electrons. The van der Waals surface area contributed by atoms with E-state index in [2.05, 4.69) is 28.7 Å². The van der Waals surface area contributed by atoms with Crippen LogP contribution in [0, 0.1) is 32.7 Å². The summed E-state index contributed by atoms with van der Waals surface area (Å²) in [6.07, 6.45) is 2.76. The fourth-order valence-corrected chi connectivity index (χ4v) is 8.34. The molecule has 2 aliphatic carbocycles. The maximum Gasteiger partial charge on any atom is 0.241 e. The second-order valence-electron chi connectivity index (χ2n) is 12.1. The van der Waals surface area contributed by atoms with Crippen LogP contribution in [0.1, 0.15) is 31.2 Å². The van der Waals surface area contributed by atoms with Crippen LogP contribution >= 0.6 is 22.6 Å². The molecule has 1 saturated carbocycles. The molecular weight excluding hydrogens is 671 g/mol. The van der Waals surface area contributed by atoms with Crippen molar-refractivity contribution in [2.45, 2.75) is 25.7 Å². The number of ether oxygens (including phenoxy) is 1. The van der Waals surface area contributed by atoms with Crippen molar-refractivity contribution in [1.82, 2.24) is 0 Å². The Morgan fingerprint density at radius 2 is 1.52 bits per heavy atom. The number of halogens is 1. The molecule has 6 unspecified atom stereocenters. The molecule has 0 aromatic heterocycles. The summed E-state index contributed by atoms with van der Waals surface area (Å²) in [5, 5.41) is 9.18. The van der Waals surface area contributed by atoms with Gasteiger partial charge in [-0.1, -0.05) is 42.0 Å². The van der Waals surface area contributed by atoms with Gasteiger partial charge in [-0.2, -0.15) is 0 Å². The minimum Gasteiger partial charge on any atom is -0.491 e. The fraction of sp³-hybridized carbons (Fsp3) is 0.314. The van der Waals surface area contributed by atoms with Crippen molar-refractivity contribution in [2.24, 2.45) is 29.1 Å². The summed E-state index contributed by atoms with van der Waals surface area (Å²) < 4.78 is 6.59. The number of benzene rings is 3. The molecule has 44 heavy (non-hydrogen) atoms. The van der Waals surface area contributed by atoms with Gasteiger partial charge in [0.1, 0.15) is 12.4 Å². The number of aliphatic hydroxyl groups is 1. The van der Waals surface area contributed by atoms with E-state index in [4.69, 9.17) is 4.74 Å². The number of aliphatic hydroxyl groups excluding tert-OH is 1. The van der Waals surface area contributed by atoms with Crippen LogP contribution in [0.4, 0.5) is 11.4 Å². The topological polar surface area (TPSA) is 104 Å². The minimum atomic E-state index is -1.10. The normalized spacial score (nSPS) is 29.3. The van der Waals surface area contributed by atoms with Crippen LogP contribution in [0.25, 0.3) is 0 Å². The lowest BCUT2D eigenvalue weighted by Crippen LogP contribution is -2.48. The van der Waals surface area contributed by atoms with Crippen molar-refractivity contribution < 1.29 is 29.0 Å². The first-order chi connectivity index (χ1) is 21.3. The van der Waals surface area contributed by atoms with Crippen molar-refractivity contribution in [3.05, 3.63) is 99.6 Å². The van der Waals surface area contributed by atoms with Gasteiger partial charge in [0.15, 0.2) is 0 Å². The zero-order chi connectivity index (χ0) is 30.7. The first kappa shape index (κ1) is 28.9. The van der Waals surface area contributed by atoms with E-state index < -0.39 is 29.1 Å². The minimum absolute atomic E-state index is 0.112. The van der Waals surface area contributed by atoms with Gasteiger partial charge in [-0.15, -0.1) is 0 Å². The average Bonchev–Trinajstić information content (AvgIpc) is 3.40. The maximum atomic E-state index is 14.4. The molecule has 4 amide bonds. The number of rotatable bonds is 6. The molecule has 8 nitrogen and oxygen atoms in total. The monoisotopic (exact) mass is 702 g/mol. The Morgan fingerprint density at radius 3 is 2.20 bits per heavy atom. The zero-order valence-electron chi connectivity index (χ0n) is 24.1. The van der Waals surface area contributed by atoms with E-state index in [1.54, 1.807) is 48.5 Å². The molecule has 1 N–H and O–H groups in total. The molecule has 3 aromatic rings. The van der Waals surface area contributed by atoms with Crippen molar-refractivity contribution in [3.8, 4) is 5.75 Å². The van der Waals surface area contributed by atoms with Gasteiger partial charge < -0.3 is 9.84 Å². The number of para-hydroxylation sites is 1. The number of fused-ring (bicyclic) bond motifs is 4. The van der Waals surface area contributed by atoms with Gasteiger partial charge in [-0.25, -0.2) is 4.90 Å². The van der Waals surface area contributed by atoms with Gasteiger partial charge in [0, 0.05) is 9.49 Å². The van der Waals surface area contributed by atoms with Crippen molar-refractivity contribution >= 4 is 57.6 Å². The van der Waals surface area contributed by atoms with Crippen molar-refractivity contribution in [2.75, 3.05) is 23.0 Å². The number of hydrogen-bond donors (Lipinski definition) is 1. The molecule has 6 atom stereocenters. The first-order valence-electron chi connectivity index (χ1n) is 14.9. The standard InChI is InChI=1S/C35H31IN2O6/c1-35-28(32(41)38(34(35)43)22-5-3-2-4-6-22)19-27-25(30(35)20-7-13-24(14-8-20)44-18-17-39)15-16-26-29(27)33(42)37(31(26)40)23-11-9-21(36)10-12-23/h2-15,26-30,39H,16-19H2,1H3. The van der Waals surface area contributed by atoms with Crippen LogP contribution in [0.5, 0.6) is 5.75 Å². The van der Waals surface area contributed by atoms with Gasteiger partial charge >= 0.3 is 0 Å². The lowest BCUT2D eigenvalue weighted by molar-refractivity contribution is -0.131. The summed E-state index contributed by atoms with van der Waals surface area (Å²) in [4.78, 5) is 59.2. The summed E-state index contributed by atoms with van der Waals surface area (Å²) >= 11 is 2.19. The fourth-order valence-electron chi connectivity index (χ4n) is 7.98. The van der Waals surface area contributed by atoms with Crippen LogP contribution < -0.4 is 14.5 Å². The smallest absolute Gasteiger partial charge is 0.241 e. The van der Waals surface area contributed by atoms with Crippen LogP contribution in [0.3, 0.4) is 0 Å². The van der Waals surface area contributed by atoms with Crippen molar-refractivity contribution in [1.29, 1.82) is 0 Å². The maximum absolute atomic E-state index is 14.4. The number of carbonyl (C=O) groups is 4. The summed E-state index contributed by atoms with van der Waals surface area (Å²) in [5.41, 5.74) is 1.75. The van der Waals surface area contributed by atoms with Gasteiger partial charge in [-0.05, 0) is 102 Å². The zero-order valence-corrected chi connectivity index (χ0v) is 26.2. The lowest BCUT2D eigenvalue weighted by atomic mass is 9.51. The molecule has 3 aromatic carbocycles. The van der Waals surface area contributed by atoms with E-state index in [0.717, 1.165) is 14.7 Å². The summed E-state index contributed by atoms with van der Waals surface area (Å²) in [5.74, 6) is -3.10. The average molecular weight is 703 g/mol. The SMILES string of the molecule is CC12C(=O)N(c3ccccc3)C(=O)C1CC1C(=CCC3C(=O)N(c4ccc(I)cc4)C(=O)C31)C2c1ccc(OCCO)cc1. The Hall–Kier alpha value is -3.83. The number of nitrogens with zero attached hydrogens (tertiary/aromatic N) is 2. The lowest BCUT2D eigenvalue weighted by Gasteiger charge is -2.49. The van der Waals surface area contributed by atoms with E-state index in [1.807, 2.05) is 37.3 Å². The Bertz CT molecular complexity index is 1690. The first-order valence-corrected chi connectivity index (χ1v) is 15.9. The summed E-state index contributed by atoms with van der Waals surface area (Å²) in [6.45, 7) is 1.93. The van der Waals surface area contributed by atoms with Gasteiger partial charge in [0.2, 0.25) is 23.6 Å². The Kier molecular flexibility index (Phi) is 7.20. The number of amides is 4. The molecule has 0 radical (unpaired) electrons. The van der Waals surface area contributed by atoms with Crippen LogP contribution in [0.15, 0.2) is 90.5 Å². The van der Waals surface area contributed by atoms with Crippen molar-refractivity contribution in [3.63, 3.8) is 0 Å². The number of allylic oxidation sites excluding steroid dienone is 2. The van der Waals surface area contributed by atoms with E-state index in [-0.39, 0.29) is 42.8 Å². The van der Waals surface area contributed by atoms with Gasteiger partial charge in [0.05, 0.1) is 41.2 Å². The molecule has 0 bridgehead atoms. The summed E-state index contributed by atoms with van der Waals surface area (Å²) in [6, 6.07) is 23.7. The number of imide groups is 2. The van der Waals surface area contributed by atoms with E-state index in [1.165, 1.54) is 9.80 Å². The molecule has 3 fully saturated rings. The second-order valence-corrected chi connectivity index (χ2v) is 13.4. The molecule has 7 rings (SSSR count). The number of anilines is 2. The Balaban J connectivity index is 1.33. The predicted molar refractivity (Wildman–Crippen MR) is 172 cm³/mol. The van der Waals surface area contributed by atoms with Gasteiger partial charge in [-0.3, -0.25) is 24.1 Å². The van der Waals surface area contributed by atoms with E-state index in [0.29, 0.717) is 30.0 Å². The highest BCUT2D eigenvalue weighted by Gasteiger charge is 2.67. The number of hydrogen-bond acceptors (Lipinski definition) is 6. The number of carbonyl (C=O) groups excluding carboxylic acids is 4. The largest absolute Gasteiger partial charge is 0.491 e. The molecule has 2 aliphatic heterocycles. The van der Waals surface area contributed by atoms with Crippen LogP contribution in [0.2, 0.25) is 0 Å². The predicted octanol–water partition coefficient (Wildman–Crippen LogP) is 5.10.